The third-order valence-corrected chi connectivity index (χ3v) is 3.92. The minimum absolute atomic E-state index is 0.139. The van der Waals surface area contributed by atoms with Crippen molar-refractivity contribution in [3.63, 3.8) is 0 Å². The summed E-state index contributed by atoms with van der Waals surface area (Å²) in [5.74, 6) is 2.03. The summed E-state index contributed by atoms with van der Waals surface area (Å²) in [7, 11) is 0. The van der Waals surface area contributed by atoms with Crippen molar-refractivity contribution in [3.05, 3.63) is 12.3 Å². The normalized spacial score (nSPS) is 23.2. The molecule has 1 aliphatic heterocycles. The molecule has 1 saturated carbocycles. The first-order chi connectivity index (χ1) is 9.70. The zero-order valence-corrected chi connectivity index (χ0v) is 12.4. The van der Waals surface area contributed by atoms with Crippen LogP contribution >= 0.6 is 0 Å². The molecule has 0 amide bonds. The highest BCUT2D eigenvalue weighted by Gasteiger charge is 2.34. The van der Waals surface area contributed by atoms with Crippen LogP contribution in [0.2, 0.25) is 0 Å². The second-order valence-corrected chi connectivity index (χ2v) is 6.15. The zero-order chi connectivity index (χ0) is 13.9. The Morgan fingerprint density at radius 2 is 2.25 bits per heavy atom. The molecule has 2 fully saturated rings. The number of nitrogens with one attached hydrogen (secondary N) is 1. The van der Waals surface area contributed by atoms with Gasteiger partial charge in [0.25, 0.3) is 0 Å². The van der Waals surface area contributed by atoms with Crippen molar-refractivity contribution < 1.29 is 4.74 Å². The maximum atomic E-state index is 5.58. The standard InChI is InChI=1S/C15H24N4O/c1-11(2)20-14-5-7-16-15(18-14)17-9-12-6-8-19(10-12)13-3-4-13/h5,7,11-13H,3-4,6,8-10H2,1-2H3,(H,16,17,18). The molecule has 1 unspecified atom stereocenters. The number of likely N-dealkylation sites (tertiary alicyclic amines) is 1. The molecule has 0 spiro atoms. The predicted molar refractivity (Wildman–Crippen MR) is 79.0 cm³/mol. The Kier molecular flexibility index (Phi) is 4.05. The minimum atomic E-state index is 0.139. The summed E-state index contributed by atoms with van der Waals surface area (Å²) in [5.41, 5.74) is 0. The van der Waals surface area contributed by atoms with Gasteiger partial charge in [-0.05, 0) is 45.6 Å². The van der Waals surface area contributed by atoms with Crippen molar-refractivity contribution in [2.75, 3.05) is 25.0 Å². The van der Waals surface area contributed by atoms with E-state index in [2.05, 4.69) is 20.2 Å². The fraction of sp³-hybridized carbons (Fsp3) is 0.733. The average Bonchev–Trinajstić information content (AvgIpc) is 3.16. The highest BCUT2D eigenvalue weighted by molar-refractivity contribution is 5.27. The Bertz CT molecular complexity index is 447. The lowest BCUT2D eigenvalue weighted by atomic mass is 10.1. The third kappa shape index (κ3) is 3.60. The van der Waals surface area contributed by atoms with Crippen LogP contribution in [0.4, 0.5) is 5.95 Å². The van der Waals surface area contributed by atoms with Crippen LogP contribution in [0.15, 0.2) is 12.3 Å². The molecule has 1 atom stereocenters. The topological polar surface area (TPSA) is 50.3 Å². The molecular formula is C15H24N4O. The summed E-state index contributed by atoms with van der Waals surface area (Å²) in [6, 6.07) is 2.69. The van der Waals surface area contributed by atoms with Crippen LogP contribution in [0.3, 0.4) is 0 Å². The van der Waals surface area contributed by atoms with Crippen LogP contribution < -0.4 is 10.1 Å². The van der Waals surface area contributed by atoms with Gasteiger partial charge >= 0.3 is 0 Å². The molecule has 5 nitrogen and oxygen atoms in total. The predicted octanol–water partition coefficient (Wildman–Crippen LogP) is 2.16. The van der Waals surface area contributed by atoms with Crippen molar-refractivity contribution >= 4 is 5.95 Å². The number of aromatic nitrogens is 2. The van der Waals surface area contributed by atoms with Gasteiger partial charge < -0.3 is 15.0 Å². The maximum absolute atomic E-state index is 5.58. The number of rotatable bonds is 6. The van der Waals surface area contributed by atoms with Gasteiger partial charge in [0.15, 0.2) is 0 Å². The number of hydrogen-bond donors (Lipinski definition) is 1. The smallest absolute Gasteiger partial charge is 0.225 e. The molecule has 3 rings (SSSR count). The van der Waals surface area contributed by atoms with Crippen molar-refractivity contribution in [3.8, 4) is 5.88 Å². The number of anilines is 1. The van der Waals surface area contributed by atoms with Crippen LogP contribution in [0.1, 0.15) is 33.1 Å². The summed E-state index contributed by atoms with van der Waals surface area (Å²) in [5, 5.41) is 3.35. The molecular weight excluding hydrogens is 252 g/mol. The van der Waals surface area contributed by atoms with Gasteiger partial charge in [-0.1, -0.05) is 0 Å². The molecule has 0 bridgehead atoms. The van der Waals surface area contributed by atoms with E-state index >= 15 is 0 Å². The van der Waals surface area contributed by atoms with E-state index in [0.717, 1.165) is 12.6 Å². The number of ether oxygens (including phenoxy) is 1. The molecule has 0 radical (unpaired) electrons. The first-order valence-electron chi connectivity index (χ1n) is 7.68. The second kappa shape index (κ2) is 5.95. The first-order valence-corrected chi connectivity index (χ1v) is 7.68. The van der Waals surface area contributed by atoms with E-state index in [1.54, 1.807) is 12.3 Å². The summed E-state index contributed by atoms with van der Waals surface area (Å²) in [6.45, 7) is 7.43. The molecule has 1 aromatic heterocycles. The monoisotopic (exact) mass is 276 g/mol. The van der Waals surface area contributed by atoms with E-state index < -0.39 is 0 Å². The number of hydrogen-bond acceptors (Lipinski definition) is 5. The Hall–Kier alpha value is -1.36. The minimum Gasteiger partial charge on any atom is -0.475 e. The second-order valence-electron chi connectivity index (χ2n) is 6.15. The van der Waals surface area contributed by atoms with E-state index in [9.17, 15) is 0 Å². The highest BCUT2D eigenvalue weighted by atomic mass is 16.5. The Morgan fingerprint density at radius 1 is 1.40 bits per heavy atom. The fourth-order valence-electron chi connectivity index (χ4n) is 2.77. The van der Waals surface area contributed by atoms with Gasteiger partial charge in [-0.2, -0.15) is 4.98 Å². The lowest BCUT2D eigenvalue weighted by Gasteiger charge is -2.15. The molecule has 5 heteroatoms. The van der Waals surface area contributed by atoms with Crippen LogP contribution in [-0.2, 0) is 0 Å². The van der Waals surface area contributed by atoms with E-state index in [-0.39, 0.29) is 6.10 Å². The van der Waals surface area contributed by atoms with Gasteiger partial charge in [0.05, 0.1) is 6.10 Å². The van der Waals surface area contributed by atoms with Crippen molar-refractivity contribution in [2.45, 2.75) is 45.3 Å². The molecule has 0 aromatic carbocycles. The Balaban J connectivity index is 1.48. The average molecular weight is 276 g/mol. The van der Waals surface area contributed by atoms with E-state index in [1.807, 2.05) is 13.8 Å². The zero-order valence-electron chi connectivity index (χ0n) is 12.4. The molecule has 2 aliphatic rings. The molecule has 110 valence electrons. The van der Waals surface area contributed by atoms with Crippen LogP contribution in [0, 0.1) is 5.92 Å². The lowest BCUT2D eigenvalue weighted by Crippen LogP contribution is -2.25. The molecule has 1 N–H and O–H groups in total. The SMILES string of the molecule is CC(C)Oc1ccnc(NCC2CCN(C3CC3)C2)n1. The van der Waals surface area contributed by atoms with E-state index in [0.29, 0.717) is 17.7 Å². The molecule has 2 heterocycles. The Morgan fingerprint density at radius 3 is 3.00 bits per heavy atom. The summed E-state index contributed by atoms with van der Waals surface area (Å²) >= 11 is 0. The van der Waals surface area contributed by atoms with Gasteiger partial charge in [-0.15, -0.1) is 0 Å². The lowest BCUT2D eigenvalue weighted by molar-refractivity contribution is 0.232. The third-order valence-electron chi connectivity index (χ3n) is 3.92. The van der Waals surface area contributed by atoms with Crippen molar-refractivity contribution in [1.29, 1.82) is 0 Å². The maximum Gasteiger partial charge on any atom is 0.225 e. The van der Waals surface area contributed by atoms with Crippen molar-refractivity contribution in [2.24, 2.45) is 5.92 Å². The summed E-state index contributed by atoms with van der Waals surface area (Å²) in [4.78, 5) is 11.3. The molecule has 20 heavy (non-hydrogen) atoms. The molecule has 1 aliphatic carbocycles. The van der Waals surface area contributed by atoms with Crippen LogP contribution in [0.5, 0.6) is 5.88 Å². The molecule has 1 saturated heterocycles. The largest absolute Gasteiger partial charge is 0.475 e. The summed E-state index contributed by atoms with van der Waals surface area (Å²) in [6.07, 6.45) is 5.97. The summed E-state index contributed by atoms with van der Waals surface area (Å²) < 4.78 is 5.58. The fourth-order valence-corrected chi connectivity index (χ4v) is 2.77. The van der Waals surface area contributed by atoms with Crippen LogP contribution in [-0.4, -0.2) is 46.6 Å². The van der Waals surface area contributed by atoms with Crippen LogP contribution in [0.25, 0.3) is 0 Å². The van der Waals surface area contributed by atoms with E-state index in [1.165, 1.54) is 32.4 Å². The van der Waals surface area contributed by atoms with Gasteiger partial charge in [0.2, 0.25) is 11.8 Å². The van der Waals surface area contributed by atoms with Gasteiger partial charge in [0, 0.05) is 31.4 Å². The van der Waals surface area contributed by atoms with Gasteiger partial charge in [-0.3, -0.25) is 0 Å². The Labute approximate surface area is 120 Å². The first kappa shape index (κ1) is 13.6. The highest BCUT2D eigenvalue weighted by Crippen LogP contribution is 2.31. The van der Waals surface area contributed by atoms with Gasteiger partial charge in [-0.25, -0.2) is 4.98 Å². The quantitative estimate of drug-likeness (QED) is 0.863. The number of nitrogens with zero attached hydrogens (tertiary/aromatic N) is 3. The van der Waals surface area contributed by atoms with E-state index in [4.69, 9.17) is 4.74 Å². The molecule has 1 aromatic rings. The van der Waals surface area contributed by atoms with Gasteiger partial charge in [0.1, 0.15) is 0 Å². The van der Waals surface area contributed by atoms with Crippen molar-refractivity contribution in [1.82, 2.24) is 14.9 Å².